The van der Waals surface area contributed by atoms with Crippen molar-refractivity contribution in [2.75, 3.05) is 0 Å². The van der Waals surface area contributed by atoms with E-state index in [-0.39, 0.29) is 0 Å². The number of rotatable bonds is 6. The topological polar surface area (TPSA) is 258 Å². The number of aliphatic hydroxyl groups is 2. The molecule has 0 bridgehead atoms. The van der Waals surface area contributed by atoms with Crippen LogP contribution in [0.3, 0.4) is 0 Å². The predicted molar refractivity (Wildman–Crippen MR) is 54.1 cm³/mol. The second-order valence-corrected chi connectivity index (χ2v) is 7.73. The Labute approximate surface area is 128 Å². The average Bonchev–Trinajstić information content (AvgIpc) is 2.26. The van der Waals surface area contributed by atoms with Crippen LogP contribution in [-0.4, -0.2) is 40.7 Å². The molecule has 0 aliphatic heterocycles. The Balaban J connectivity index is 3.08. The molecular formula is C6H9O14P3-6. The van der Waals surface area contributed by atoms with Crippen molar-refractivity contribution in [1.29, 1.82) is 0 Å². The van der Waals surface area contributed by atoms with Gasteiger partial charge in [0.1, 0.15) is 18.3 Å². The summed E-state index contributed by atoms with van der Waals surface area (Å²) in [6, 6.07) is 0. The third kappa shape index (κ3) is 7.34. The van der Waals surface area contributed by atoms with Crippen LogP contribution in [0.4, 0.5) is 0 Å². The van der Waals surface area contributed by atoms with E-state index in [0.717, 1.165) is 0 Å². The van der Waals surface area contributed by atoms with Crippen molar-refractivity contribution >= 4 is 23.5 Å². The van der Waals surface area contributed by atoms with Crippen LogP contribution < -0.4 is 29.4 Å². The fourth-order valence-electron chi connectivity index (χ4n) is 1.96. The lowest BCUT2D eigenvalue weighted by molar-refractivity contribution is -0.365. The molecule has 1 saturated carbocycles. The maximum absolute atomic E-state index is 10.6. The molecule has 0 spiro atoms. The van der Waals surface area contributed by atoms with Gasteiger partial charge >= 0.3 is 0 Å². The molecule has 0 aromatic heterocycles. The molecule has 14 nitrogen and oxygen atoms in total. The van der Waals surface area contributed by atoms with E-state index < -0.39 is 60.4 Å². The molecule has 1 aliphatic carbocycles. The molecule has 0 amide bonds. The van der Waals surface area contributed by atoms with Gasteiger partial charge in [-0.2, -0.15) is 0 Å². The summed E-state index contributed by atoms with van der Waals surface area (Å²) in [6.45, 7) is 0. The summed E-state index contributed by atoms with van der Waals surface area (Å²) in [6.07, 6.45) is -12.4. The minimum absolute atomic E-state index is 1.06. The molecule has 0 saturated heterocycles. The molecule has 0 heterocycles. The molecule has 23 heavy (non-hydrogen) atoms. The zero-order valence-corrected chi connectivity index (χ0v) is 13.4. The van der Waals surface area contributed by atoms with Crippen LogP contribution in [0.5, 0.6) is 0 Å². The fourth-order valence-corrected chi connectivity index (χ4v) is 3.59. The number of phosphoric acid groups is 3. The molecule has 1 rings (SSSR count). The van der Waals surface area contributed by atoms with E-state index in [4.69, 9.17) is 0 Å². The number of aliphatic hydroxyl groups excluding tert-OH is 2. The lowest BCUT2D eigenvalue weighted by Gasteiger charge is -2.49. The first kappa shape index (κ1) is 21.3. The van der Waals surface area contributed by atoms with Gasteiger partial charge < -0.3 is 66.8 Å². The Kier molecular flexibility index (Phi) is 6.70. The Bertz CT molecular complexity index is 545. The van der Waals surface area contributed by atoms with Crippen molar-refractivity contribution < 1.29 is 66.8 Å². The smallest absolute Gasteiger partial charge is 0.118 e. The van der Waals surface area contributed by atoms with Crippen LogP contribution in [0, 0.1) is 0 Å². The van der Waals surface area contributed by atoms with E-state index in [2.05, 4.69) is 13.6 Å². The standard InChI is InChI=1S/C6H15O14P3/c7-4-2(18-21(9,10)11)1-3(19-22(12,13)14)6(5(4)8)20-23(15,16)17/h2-8H,1H2,(H2,9,10,11)(H2,12,13,14)(H2,15,16,17)/p-6/t2-,3+,4-,5-,6-/m0/s1. The number of phosphoric ester groups is 3. The predicted octanol–water partition coefficient (Wildman–Crippen LogP) is -6.25. The summed E-state index contributed by atoms with van der Waals surface area (Å²) in [5, 5.41) is 19.2. The van der Waals surface area contributed by atoms with E-state index in [0.29, 0.717) is 0 Å². The third-order valence-electron chi connectivity index (χ3n) is 2.68. The minimum atomic E-state index is -5.83. The van der Waals surface area contributed by atoms with Gasteiger partial charge in [0.05, 0.1) is 35.7 Å². The minimum Gasteiger partial charge on any atom is -0.790 e. The molecule has 138 valence electrons. The zero-order chi connectivity index (χ0) is 18.2. The van der Waals surface area contributed by atoms with Gasteiger partial charge in [0.25, 0.3) is 0 Å². The van der Waals surface area contributed by atoms with Gasteiger partial charge in [-0.1, -0.05) is 0 Å². The summed E-state index contributed by atoms with van der Waals surface area (Å²) in [5.41, 5.74) is 0. The second kappa shape index (κ2) is 7.24. The number of hydrogen-bond acceptors (Lipinski definition) is 14. The molecular weight excluding hydrogens is 389 g/mol. The van der Waals surface area contributed by atoms with Crippen LogP contribution in [0.1, 0.15) is 6.42 Å². The van der Waals surface area contributed by atoms with Crippen molar-refractivity contribution in [2.24, 2.45) is 0 Å². The maximum Gasteiger partial charge on any atom is 0.118 e. The van der Waals surface area contributed by atoms with E-state index >= 15 is 0 Å². The van der Waals surface area contributed by atoms with Crippen LogP contribution in [0.2, 0.25) is 0 Å². The SMILES string of the molecule is O=P([O-])([O-])O[C@@H]1[C@@H](O)[C@@H](O)[C@@H](OP(=O)([O-])[O-])C[C@H]1OP(=O)([O-])[O-]. The Morgan fingerprint density at radius 2 is 1.09 bits per heavy atom. The highest BCUT2D eigenvalue weighted by atomic mass is 31.2. The van der Waals surface area contributed by atoms with Crippen molar-refractivity contribution in [3.05, 3.63) is 0 Å². The molecule has 0 radical (unpaired) electrons. The van der Waals surface area contributed by atoms with Crippen molar-refractivity contribution in [2.45, 2.75) is 36.9 Å². The van der Waals surface area contributed by atoms with E-state index in [1.807, 2.05) is 0 Å². The quantitative estimate of drug-likeness (QED) is 0.394. The van der Waals surface area contributed by atoms with Gasteiger partial charge in [-0.15, -0.1) is 0 Å². The lowest BCUT2D eigenvalue weighted by atomic mass is 9.87. The highest BCUT2D eigenvalue weighted by molar-refractivity contribution is 7.43. The Morgan fingerprint density at radius 1 is 0.696 bits per heavy atom. The van der Waals surface area contributed by atoms with Gasteiger partial charge in [0, 0.05) is 6.42 Å². The van der Waals surface area contributed by atoms with Gasteiger partial charge in [0.2, 0.25) is 0 Å². The van der Waals surface area contributed by atoms with E-state index in [1.54, 1.807) is 0 Å². The summed E-state index contributed by atoms with van der Waals surface area (Å²) in [4.78, 5) is 63.4. The summed E-state index contributed by atoms with van der Waals surface area (Å²) < 4.78 is 43.3. The summed E-state index contributed by atoms with van der Waals surface area (Å²) >= 11 is 0. The van der Waals surface area contributed by atoms with E-state index in [9.17, 15) is 53.3 Å². The normalized spacial score (nSPS) is 33.7. The lowest BCUT2D eigenvalue weighted by Crippen LogP contribution is -2.58. The first-order valence-corrected chi connectivity index (χ1v) is 9.95. The third-order valence-corrected chi connectivity index (χ3v) is 4.24. The molecule has 1 fully saturated rings. The largest absolute Gasteiger partial charge is 0.790 e. The van der Waals surface area contributed by atoms with Crippen molar-refractivity contribution in [3.63, 3.8) is 0 Å². The Morgan fingerprint density at radius 3 is 1.48 bits per heavy atom. The van der Waals surface area contributed by atoms with Gasteiger partial charge in [-0.3, -0.25) is 0 Å². The molecule has 1 aliphatic rings. The van der Waals surface area contributed by atoms with Crippen LogP contribution in [0.25, 0.3) is 0 Å². The van der Waals surface area contributed by atoms with Crippen LogP contribution in [-0.2, 0) is 27.3 Å². The van der Waals surface area contributed by atoms with Crippen LogP contribution in [0.15, 0.2) is 0 Å². The van der Waals surface area contributed by atoms with Crippen LogP contribution >= 0.6 is 23.5 Å². The number of hydrogen-bond donors (Lipinski definition) is 2. The molecule has 0 unspecified atom stereocenters. The highest BCUT2D eigenvalue weighted by Gasteiger charge is 2.46. The van der Waals surface area contributed by atoms with Crippen molar-refractivity contribution in [1.82, 2.24) is 0 Å². The fraction of sp³-hybridized carbons (Fsp3) is 1.00. The van der Waals surface area contributed by atoms with Crippen molar-refractivity contribution in [3.8, 4) is 0 Å². The maximum atomic E-state index is 10.6. The molecule has 2 N–H and O–H groups in total. The molecule has 0 aromatic carbocycles. The second-order valence-electron chi connectivity index (χ2n) is 4.42. The first-order chi connectivity index (χ1) is 10.1. The summed E-state index contributed by atoms with van der Waals surface area (Å²) in [7, 11) is -17.3. The first-order valence-electron chi connectivity index (χ1n) is 5.56. The molecule has 0 aromatic rings. The average molecular weight is 398 g/mol. The van der Waals surface area contributed by atoms with E-state index in [1.165, 1.54) is 0 Å². The summed E-state index contributed by atoms with van der Waals surface area (Å²) in [5.74, 6) is 0. The van der Waals surface area contributed by atoms with Gasteiger partial charge in [-0.05, 0) is 0 Å². The van der Waals surface area contributed by atoms with Gasteiger partial charge in [0.15, 0.2) is 0 Å². The van der Waals surface area contributed by atoms with Gasteiger partial charge in [-0.25, -0.2) is 0 Å². The molecule has 17 heteroatoms. The highest BCUT2D eigenvalue weighted by Crippen LogP contribution is 2.42. The monoisotopic (exact) mass is 398 g/mol. The zero-order valence-electron chi connectivity index (χ0n) is 10.7. The Hall–Kier alpha value is 0.250. The molecule has 5 atom stereocenters.